The van der Waals surface area contributed by atoms with E-state index in [4.69, 9.17) is 14.9 Å². The Labute approximate surface area is 368 Å². The van der Waals surface area contributed by atoms with Crippen LogP contribution in [-0.2, 0) is 20.9 Å². The van der Waals surface area contributed by atoms with Gasteiger partial charge in [-0.25, -0.2) is 9.78 Å². The number of aromatic nitrogens is 2. The second-order valence-corrected chi connectivity index (χ2v) is 17.6. The monoisotopic (exact) mass is 838 g/mol. The van der Waals surface area contributed by atoms with Crippen molar-refractivity contribution in [2.45, 2.75) is 193 Å². The number of H-pyrrole nitrogens is 1. The molecule has 2 fully saturated rings. The van der Waals surface area contributed by atoms with E-state index in [1.165, 1.54) is 56.9 Å². The van der Waals surface area contributed by atoms with Gasteiger partial charge >= 0.3 is 6.09 Å². The molecular weight excluding hydrogens is 747 g/mol. The Bertz CT molecular complexity index is 1400. The molecule has 0 spiro atoms. The molecule has 2 heterocycles. The second kappa shape index (κ2) is 35.2. The third-order valence-corrected chi connectivity index (χ3v) is 11.7. The maximum atomic E-state index is 12.4. The second-order valence-electron chi connectivity index (χ2n) is 17.6. The highest BCUT2D eigenvalue weighted by atomic mass is 16.5. The van der Waals surface area contributed by atoms with Crippen molar-refractivity contribution in [2.24, 2.45) is 29.6 Å². The van der Waals surface area contributed by atoms with Gasteiger partial charge in [0.15, 0.2) is 0 Å². The summed E-state index contributed by atoms with van der Waals surface area (Å²) in [4.78, 5) is 30.5. The number of aromatic amines is 1. The molecule has 60 heavy (non-hydrogen) atoms. The molecule has 2 aromatic rings. The Morgan fingerprint density at radius 2 is 1.62 bits per heavy atom. The largest absolute Gasteiger partial charge is 0.445 e. The average molecular weight is 838 g/mol. The van der Waals surface area contributed by atoms with Crippen molar-refractivity contribution in [1.29, 1.82) is 5.41 Å². The summed E-state index contributed by atoms with van der Waals surface area (Å²) < 4.78 is 10.8. The standard InChI is InChI=1S/C20H27N3O2.C9H20.C8H15N.C8H18O.C6H11NO/c1-14-7-6-10-17(11-14)19(18-12-21-15(2)22-18)23-20(24)25-13-16-8-4-3-5-9-16;1-4-6-7-8-9(3)5-2;1-5-6(2)7(3)8(4)9;1-4-6-9-7-8(3)5-2;1-5-2-3-6(8)7-4-5/h3-5,8-9,12,14,17,19H,6-7,10-11,13H2,1-2H3,(H,21,22)(H,23,24);9H,4-8H2,1-3H3;9H,5H2,1-4H3;8H,4-7H2,1-3H3;5H,2-4H2,1H3,(H,7,8)/t14-,17?,19?;;;;/m1..../s1. The lowest BCUT2D eigenvalue weighted by Gasteiger charge is -2.33. The first-order valence-corrected chi connectivity index (χ1v) is 23.7. The van der Waals surface area contributed by atoms with Gasteiger partial charge in [0, 0.05) is 31.9 Å². The molecule has 2 aliphatic rings. The molecule has 1 aliphatic heterocycles. The van der Waals surface area contributed by atoms with Crippen LogP contribution in [0.1, 0.15) is 196 Å². The zero-order valence-corrected chi connectivity index (χ0v) is 40.7. The SMILES string of the molecule is CC1CCC(=O)NC1.CCC(C)=C(C)C(C)=N.CCCCCC(C)CC.CCCOCC(C)CC.Cc1ncc(C(NC(=O)OCc2ccccc2)C2CCC[C@@H](C)C2)[nH]1. The minimum Gasteiger partial charge on any atom is -0.445 e. The topological polar surface area (TPSA) is 129 Å². The molecule has 6 atom stereocenters. The predicted octanol–water partition coefficient (Wildman–Crippen LogP) is 13.9. The summed E-state index contributed by atoms with van der Waals surface area (Å²) in [5, 5.41) is 13.1. The number of hydrogen-bond donors (Lipinski definition) is 4. The minimum atomic E-state index is -0.376. The van der Waals surface area contributed by atoms with Crippen LogP contribution in [0.4, 0.5) is 4.79 Å². The molecule has 9 heteroatoms. The Hall–Kier alpha value is -3.46. The van der Waals surface area contributed by atoms with Crippen LogP contribution in [0.2, 0.25) is 0 Å². The van der Waals surface area contributed by atoms with Crippen molar-refractivity contribution in [3.05, 3.63) is 64.8 Å². The van der Waals surface area contributed by atoms with E-state index in [-0.39, 0.29) is 24.6 Å². The smallest absolute Gasteiger partial charge is 0.408 e. The van der Waals surface area contributed by atoms with Gasteiger partial charge in [-0.3, -0.25) is 4.79 Å². The number of amides is 2. The van der Waals surface area contributed by atoms with Crippen LogP contribution in [0.25, 0.3) is 0 Å². The average Bonchev–Trinajstić information content (AvgIpc) is 3.69. The van der Waals surface area contributed by atoms with Gasteiger partial charge in [-0.2, -0.15) is 0 Å². The Morgan fingerprint density at radius 1 is 0.933 bits per heavy atom. The van der Waals surface area contributed by atoms with Crippen molar-refractivity contribution in [3.8, 4) is 0 Å². The summed E-state index contributed by atoms with van der Waals surface area (Å²) in [6, 6.07) is 9.65. The first-order valence-electron chi connectivity index (χ1n) is 23.7. The molecule has 4 N–H and O–H groups in total. The first kappa shape index (κ1) is 56.5. The van der Waals surface area contributed by atoms with Gasteiger partial charge in [0.05, 0.1) is 17.9 Å². The molecule has 1 aliphatic carbocycles. The van der Waals surface area contributed by atoms with Crippen LogP contribution in [0, 0.1) is 41.9 Å². The van der Waals surface area contributed by atoms with Gasteiger partial charge in [-0.15, -0.1) is 0 Å². The number of nitrogens with zero attached hydrogens (tertiary/aromatic N) is 1. The third-order valence-electron chi connectivity index (χ3n) is 11.7. The van der Waals surface area contributed by atoms with Crippen LogP contribution in [0.5, 0.6) is 0 Å². The first-order chi connectivity index (χ1) is 28.6. The zero-order valence-electron chi connectivity index (χ0n) is 40.7. The van der Waals surface area contributed by atoms with E-state index in [1.807, 2.05) is 57.3 Å². The molecule has 1 saturated heterocycles. The van der Waals surface area contributed by atoms with Gasteiger partial charge in [-0.1, -0.05) is 150 Å². The highest BCUT2D eigenvalue weighted by Gasteiger charge is 2.30. The van der Waals surface area contributed by atoms with Gasteiger partial charge in [0.1, 0.15) is 12.4 Å². The van der Waals surface area contributed by atoms with Crippen LogP contribution in [0.3, 0.4) is 0 Å². The number of piperidine rings is 1. The minimum absolute atomic E-state index is 0.0766. The number of imidazole rings is 1. The Morgan fingerprint density at radius 3 is 2.10 bits per heavy atom. The van der Waals surface area contributed by atoms with E-state index in [0.717, 1.165) is 92.8 Å². The molecule has 4 rings (SSSR count). The molecule has 1 aromatic carbocycles. The van der Waals surface area contributed by atoms with E-state index in [1.54, 1.807) is 0 Å². The number of allylic oxidation sites excluding steroid dienone is 2. The lowest BCUT2D eigenvalue weighted by atomic mass is 9.78. The molecule has 0 bridgehead atoms. The quantitative estimate of drug-likeness (QED) is 0.0931. The van der Waals surface area contributed by atoms with E-state index >= 15 is 0 Å². The Kier molecular flexibility index (Phi) is 33.1. The lowest BCUT2D eigenvalue weighted by molar-refractivity contribution is -0.122. The molecular formula is C51H91N5O4. The number of nitrogens with one attached hydrogen (secondary N) is 4. The van der Waals surface area contributed by atoms with E-state index in [9.17, 15) is 9.59 Å². The number of benzene rings is 1. The van der Waals surface area contributed by atoms with Crippen LogP contribution < -0.4 is 10.6 Å². The fourth-order valence-corrected chi connectivity index (χ4v) is 6.66. The van der Waals surface area contributed by atoms with E-state index < -0.39 is 0 Å². The number of aryl methyl sites for hydroxylation is 1. The van der Waals surface area contributed by atoms with Crippen LogP contribution >= 0.6 is 0 Å². The molecule has 5 unspecified atom stereocenters. The fourth-order valence-electron chi connectivity index (χ4n) is 6.66. The van der Waals surface area contributed by atoms with Gasteiger partial charge in [-0.05, 0) is 101 Å². The number of alkyl carbamates (subject to hydrolysis) is 1. The van der Waals surface area contributed by atoms with Gasteiger partial charge in [0.25, 0.3) is 0 Å². The molecule has 1 saturated carbocycles. The summed E-state index contributed by atoms with van der Waals surface area (Å²) in [5.74, 6) is 4.55. The highest BCUT2D eigenvalue weighted by Crippen LogP contribution is 2.36. The predicted molar refractivity (Wildman–Crippen MR) is 255 cm³/mol. The summed E-state index contributed by atoms with van der Waals surface area (Å²) >= 11 is 0. The number of ether oxygens (including phenoxy) is 2. The van der Waals surface area contributed by atoms with Crippen molar-refractivity contribution >= 4 is 17.7 Å². The number of hydrogen-bond acceptors (Lipinski definition) is 6. The third kappa shape index (κ3) is 28.1. The summed E-state index contributed by atoms with van der Waals surface area (Å²) in [6.07, 6.45) is 18.4. The fraction of sp³-hybridized carbons (Fsp3) is 0.725. The van der Waals surface area contributed by atoms with Gasteiger partial charge in [0.2, 0.25) is 5.91 Å². The van der Waals surface area contributed by atoms with Crippen LogP contribution in [-0.4, -0.2) is 47.4 Å². The van der Waals surface area contributed by atoms with Crippen molar-refractivity contribution in [2.75, 3.05) is 19.8 Å². The number of carbonyl (C=O) groups excluding carboxylic acids is 2. The number of rotatable bonds is 17. The Balaban J connectivity index is 0.000000824. The number of unbranched alkanes of at least 4 members (excludes halogenated alkanes) is 2. The van der Waals surface area contributed by atoms with Crippen molar-refractivity contribution in [3.63, 3.8) is 0 Å². The molecule has 2 amide bonds. The van der Waals surface area contributed by atoms with E-state index in [0.29, 0.717) is 23.5 Å². The summed E-state index contributed by atoms with van der Waals surface area (Å²) in [5.41, 5.74) is 5.10. The molecule has 0 radical (unpaired) electrons. The normalized spacial score (nSPS) is 18.9. The van der Waals surface area contributed by atoms with Crippen LogP contribution in [0.15, 0.2) is 47.7 Å². The highest BCUT2D eigenvalue weighted by molar-refractivity contribution is 5.95. The van der Waals surface area contributed by atoms with E-state index in [2.05, 4.69) is 89.8 Å². The number of carbonyl (C=O) groups is 2. The molecule has 1 aromatic heterocycles. The summed E-state index contributed by atoms with van der Waals surface area (Å²) in [6.45, 7) is 30.8. The van der Waals surface area contributed by atoms with Gasteiger partial charge < -0.3 is 30.5 Å². The molecule has 344 valence electrons. The maximum absolute atomic E-state index is 12.4. The summed E-state index contributed by atoms with van der Waals surface area (Å²) in [7, 11) is 0. The van der Waals surface area contributed by atoms with Crippen molar-refractivity contribution in [1.82, 2.24) is 20.6 Å². The van der Waals surface area contributed by atoms with Crippen molar-refractivity contribution < 1.29 is 19.1 Å². The zero-order chi connectivity index (χ0) is 45.3. The maximum Gasteiger partial charge on any atom is 0.408 e. The molecule has 9 nitrogen and oxygen atoms in total. The lowest BCUT2D eigenvalue weighted by Crippen LogP contribution is -2.36.